The number of hydrogen-bond acceptors (Lipinski definition) is 2. The summed E-state index contributed by atoms with van der Waals surface area (Å²) in [6.45, 7) is 5.98. The summed E-state index contributed by atoms with van der Waals surface area (Å²) in [6, 6.07) is 13.8. The Bertz CT molecular complexity index is 569. The largest absolute Gasteiger partial charge is 0.457 e. The van der Waals surface area contributed by atoms with Crippen LogP contribution in [0.1, 0.15) is 24.5 Å². The van der Waals surface area contributed by atoms with Crippen molar-refractivity contribution in [2.45, 2.75) is 26.8 Å². The summed E-state index contributed by atoms with van der Waals surface area (Å²) in [7, 11) is 0. The molecule has 1 N–H and O–H groups in total. The average Bonchev–Trinajstić information content (AvgIpc) is 2.41. The third-order valence-electron chi connectivity index (χ3n) is 2.99. The molecule has 0 atom stereocenters. The second kappa shape index (κ2) is 7.32. The Morgan fingerprint density at radius 2 is 2.00 bits per heavy atom. The van der Waals surface area contributed by atoms with Crippen LogP contribution >= 0.6 is 11.6 Å². The van der Waals surface area contributed by atoms with Crippen molar-refractivity contribution in [1.29, 1.82) is 0 Å². The Kier molecular flexibility index (Phi) is 5.45. The number of ether oxygens (including phenoxy) is 1. The quantitative estimate of drug-likeness (QED) is 0.761. The molecule has 0 aliphatic carbocycles. The Morgan fingerprint density at radius 1 is 1.15 bits per heavy atom. The van der Waals surface area contributed by atoms with Gasteiger partial charge in [-0.1, -0.05) is 36.7 Å². The van der Waals surface area contributed by atoms with Gasteiger partial charge in [0, 0.05) is 17.1 Å². The van der Waals surface area contributed by atoms with Gasteiger partial charge >= 0.3 is 0 Å². The summed E-state index contributed by atoms with van der Waals surface area (Å²) >= 11 is 6.08. The second-order valence-corrected chi connectivity index (χ2v) is 5.28. The minimum atomic E-state index is 0.687. The Hall–Kier alpha value is -1.51. The molecule has 0 saturated carbocycles. The highest BCUT2D eigenvalue weighted by Gasteiger charge is 2.06. The van der Waals surface area contributed by atoms with Crippen molar-refractivity contribution in [2.24, 2.45) is 0 Å². The summed E-state index contributed by atoms with van der Waals surface area (Å²) in [6.07, 6.45) is 1.11. The monoisotopic (exact) mass is 289 g/mol. The lowest BCUT2D eigenvalue weighted by molar-refractivity contribution is 0.472. The van der Waals surface area contributed by atoms with Crippen LogP contribution in [0.3, 0.4) is 0 Å². The molecule has 0 spiro atoms. The van der Waals surface area contributed by atoms with Crippen molar-refractivity contribution < 1.29 is 4.74 Å². The van der Waals surface area contributed by atoms with Gasteiger partial charge in [-0.2, -0.15) is 0 Å². The Labute approximate surface area is 125 Å². The number of aryl methyl sites for hydroxylation is 1. The highest BCUT2D eigenvalue weighted by atomic mass is 35.5. The molecule has 0 saturated heterocycles. The van der Waals surface area contributed by atoms with Gasteiger partial charge in [-0.15, -0.1) is 0 Å². The van der Waals surface area contributed by atoms with Crippen molar-refractivity contribution in [3.63, 3.8) is 0 Å². The second-order valence-electron chi connectivity index (χ2n) is 4.85. The fourth-order valence-electron chi connectivity index (χ4n) is 1.98. The summed E-state index contributed by atoms with van der Waals surface area (Å²) in [5.74, 6) is 1.65. The van der Waals surface area contributed by atoms with Crippen molar-refractivity contribution in [3.8, 4) is 11.5 Å². The van der Waals surface area contributed by atoms with Gasteiger partial charge in [0.15, 0.2) is 0 Å². The van der Waals surface area contributed by atoms with E-state index in [-0.39, 0.29) is 0 Å². The predicted octanol–water partition coefficient (Wildman–Crippen LogP) is 4.94. The van der Waals surface area contributed by atoms with E-state index in [4.69, 9.17) is 16.3 Å². The third kappa shape index (κ3) is 4.26. The van der Waals surface area contributed by atoms with Crippen molar-refractivity contribution in [2.75, 3.05) is 6.54 Å². The number of hydrogen-bond donors (Lipinski definition) is 1. The smallest absolute Gasteiger partial charge is 0.133 e. The van der Waals surface area contributed by atoms with E-state index >= 15 is 0 Å². The molecule has 3 heteroatoms. The van der Waals surface area contributed by atoms with Crippen LogP contribution in [0.5, 0.6) is 11.5 Å². The maximum absolute atomic E-state index is 6.08. The third-order valence-corrected chi connectivity index (χ3v) is 3.22. The molecule has 2 rings (SSSR count). The zero-order valence-electron chi connectivity index (χ0n) is 11.9. The van der Waals surface area contributed by atoms with E-state index in [9.17, 15) is 0 Å². The SMILES string of the molecule is CCCNCc1ccc(Cl)cc1Oc1cccc(C)c1. The Balaban J connectivity index is 2.18. The molecule has 0 heterocycles. The summed E-state index contributed by atoms with van der Waals surface area (Å²) in [5, 5.41) is 4.07. The lowest BCUT2D eigenvalue weighted by Gasteiger charge is -2.12. The molecule has 2 aromatic carbocycles. The average molecular weight is 290 g/mol. The van der Waals surface area contributed by atoms with E-state index < -0.39 is 0 Å². The number of halogens is 1. The molecule has 0 bridgehead atoms. The summed E-state index contributed by atoms with van der Waals surface area (Å²) < 4.78 is 5.98. The maximum atomic E-state index is 6.08. The lowest BCUT2D eigenvalue weighted by atomic mass is 10.2. The highest BCUT2D eigenvalue weighted by Crippen LogP contribution is 2.28. The van der Waals surface area contributed by atoms with E-state index in [1.165, 1.54) is 5.56 Å². The molecular weight excluding hydrogens is 270 g/mol. The molecule has 0 unspecified atom stereocenters. The standard InChI is InChI=1S/C17H20ClNO/c1-3-9-19-12-14-7-8-15(18)11-17(14)20-16-6-4-5-13(2)10-16/h4-8,10-11,19H,3,9,12H2,1-2H3. The van der Waals surface area contributed by atoms with E-state index in [0.29, 0.717) is 5.02 Å². The van der Waals surface area contributed by atoms with Gasteiger partial charge in [0.2, 0.25) is 0 Å². The van der Waals surface area contributed by atoms with Gasteiger partial charge < -0.3 is 10.1 Å². The van der Waals surface area contributed by atoms with E-state index in [1.807, 2.05) is 36.4 Å². The number of benzene rings is 2. The Morgan fingerprint density at radius 3 is 2.75 bits per heavy atom. The molecule has 2 aromatic rings. The summed E-state index contributed by atoms with van der Waals surface area (Å²) in [5.41, 5.74) is 2.29. The van der Waals surface area contributed by atoms with Gasteiger partial charge in [-0.05, 0) is 49.7 Å². The lowest BCUT2D eigenvalue weighted by Crippen LogP contribution is -2.14. The minimum absolute atomic E-state index is 0.687. The number of nitrogens with one attached hydrogen (secondary N) is 1. The molecule has 0 aromatic heterocycles. The van der Waals surface area contributed by atoms with Crippen LogP contribution in [0.25, 0.3) is 0 Å². The molecular formula is C17H20ClNO. The normalized spacial score (nSPS) is 10.6. The van der Waals surface area contributed by atoms with Crippen LogP contribution in [-0.4, -0.2) is 6.54 Å². The van der Waals surface area contributed by atoms with Crippen molar-refractivity contribution in [3.05, 3.63) is 58.6 Å². The van der Waals surface area contributed by atoms with Crippen LogP contribution in [0.15, 0.2) is 42.5 Å². The van der Waals surface area contributed by atoms with E-state index in [0.717, 1.165) is 36.6 Å². The van der Waals surface area contributed by atoms with Crippen LogP contribution in [0.4, 0.5) is 0 Å². The molecule has 2 nitrogen and oxygen atoms in total. The molecule has 0 amide bonds. The molecule has 20 heavy (non-hydrogen) atoms. The summed E-state index contributed by atoms with van der Waals surface area (Å²) in [4.78, 5) is 0. The maximum Gasteiger partial charge on any atom is 0.133 e. The topological polar surface area (TPSA) is 21.3 Å². The first-order valence-corrected chi connectivity index (χ1v) is 7.30. The van der Waals surface area contributed by atoms with Crippen LogP contribution in [-0.2, 0) is 6.54 Å². The zero-order valence-corrected chi connectivity index (χ0v) is 12.7. The van der Waals surface area contributed by atoms with Crippen LogP contribution < -0.4 is 10.1 Å². The first-order valence-electron chi connectivity index (χ1n) is 6.92. The van der Waals surface area contributed by atoms with Crippen LogP contribution in [0.2, 0.25) is 5.02 Å². The zero-order chi connectivity index (χ0) is 14.4. The van der Waals surface area contributed by atoms with E-state index in [1.54, 1.807) is 0 Å². The van der Waals surface area contributed by atoms with Gasteiger partial charge in [0.05, 0.1) is 0 Å². The first-order chi connectivity index (χ1) is 9.69. The van der Waals surface area contributed by atoms with Crippen LogP contribution in [0, 0.1) is 6.92 Å². The van der Waals surface area contributed by atoms with E-state index in [2.05, 4.69) is 25.2 Å². The molecule has 0 fully saturated rings. The van der Waals surface area contributed by atoms with Gasteiger partial charge in [-0.25, -0.2) is 0 Å². The van der Waals surface area contributed by atoms with Crippen molar-refractivity contribution in [1.82, 2.24) is 5.32 Å². The minimum Gasteiger partial charge on any atom is -0.457 e. The van der Waals surface area contributed by atoms with Crippen molar-refractivity contribution >= 4 is 11.6 Å². The first kappa shape index (κ1) is 14.9. The fraction of sp³-hybridized carbons (Fsp3) is 0.294. The highest BCUT2D eigenvalue weighted by molar-refractivity contribution is 6.30. The molecule has 106 valence electrons. The molecule has 0 aliphatic heterocycles. The fourth-order valence-corrected chi connectivity index (χ4v) is 2.14. The van der Waals surface area contributed by atoms with Gasteiger partial charge in [0.25, 0.3) is 0 Å². The molecule has 0 aliphatic rings. The predicted molar refractivity (Wildman–Crippen MR) is 84.7 cm³/mol. The van der Waals surface area contributed by atoms with Gasteiger partial charge in [0.1, 0.15) is 11.5 Å². The number of rotatable bonds is 6. The van der Waals surface area contributed by atoms with Gasteiger partial charge in [-0.3, -0.25) is 0 Å². The molecule has 0 radical (unpaired) electrons.